The summed E-state index contributed by atoms with van der Waals surface area (Å²) in [5.41, 5.74) is 10.3. The van der Waals surface area contributed by atoms with Crippen LogP contribution in [0.4, 0.5) is 0 Å². The molecule has 0 unspecified atom stereocenters. The van der Waals surface area contributed by atoms with E-state index < -0.39 is 0 Å². The number of aromatic nitrogens is 1. The molecule has 0 fully saturated rings. The Morgan fingerprint density at radius 1 is 0.524 bits per heavy atom. The Bertz CT molecular complexity index is 2070. The van der Waals surface area contributed by atoms with E-state index in [0.717, 1.165) is 38.6 Å². The lowest BCUT2D eigenvalue weighted by Gasteiger charge is -2.22. The molecule has 1 aliphatic rings. The van der Waals surface area contributed by atoms with Crippen LogP contribution in [0, 0.1) is 0 Å². The molecule has 0 spiro atoms. The van der Waals surface area contributed by atoms with Crippen LogP contribution in [0.2, 0.25) is 0 Å². The van der Waals surface area contributed by atoms with Crippen LogP contribution in [0.5, 0.6) is 11.5 Å². The predicted octanol–water partition coefficient (Wildman–Crippen LogP) is 10.8. The van der Waals surface area contributed by atoms with Crippen molar-refractivity contribution < 1.29 is 4.74 Å². The summed E-state index contributed by atoms with van der Waals surface area (Å²) in [4.78, 5) is 4.53. The number of ether oxygens (including phenoxy) is 1. The van der Waals surface area contributed by atoms with Crippen molar-refractivity contribution in [1.82, 2.24) is 4.98 Å². The topological polar surface area (TPSA) is 22.1 Å². The molecule has 1 aromatic heterocycles. The number of nitrogens with zero attached hydrogens (tertiary/aromatic N) is 1. The molecule has 0 saturated heterocycles. The van der Waals surface area contributed by atoms with Gasteiger partial charge < -0.3 is 4.74 Å². The quantitative estimate of drug-likeness (QED) is 0.208. The van der Waals surface area contributed by atoms with Crippen LogP contribution in [0.3, 0.4) is 0 Å². The molecule has 0 N–H and O–H groups in total. The smallest absolute Gasteiger partial charge is 0.143 e. The lowest BCUT2D eigenvalue weighted by atomic mass is 9.81. The highest BCUT2D eigenvalue weighted by molar-refractivity contribution is 6.16. The second-order valence-electron chi connectivity index (χ2n) is 11.6. The zero-order valence-electron chi connectivity index (χ0n) is 23.6. The number of hydrogen-bond acceptors (Lipinski definition) is 2. The van der Waals surface area contributed by atoms with Gasteiger partial charge in [-0.1, -0.05) is 117 Å². The van der Waals surface area contributed by atoms with E-state index in [1.54, 1.807) is 0 Å². The monoisotopic (exact) mass is 539 g/mol. The van der Waals surface area contributed by atoms with E-state index in [1.165, 1.54) is 38.9 Å². The second-order valence-corrected chi connectivity index (χ2v) is 11.6. The number of benzene rings is 6. The summed E-state index contributed by atoms with van der Waals surface area (Å²) in [5.74, 6) is 1.68. The van der Waals surface area contributed by atoms with Crippen molar-refractivity contribution >= 4 is 21.5 Å². The number of para-hydroxylation sites is 1. The molecule has 200 valence electrons. The van der Waals surface area contributed by atoms with Gasteiger partial charge in [0.15, 0.2) is 0 Å². The van der Waals surface area contributed by atoms with Gasteiger partial charge in [0.2, 0.25) is 0 Å². The summed E-state index contributed by atoms with van der Waals surface area (Å²) >= 11 is 0. The van der Waals surface area contributed by atoms with E-state index in [0.29, 0.717) is 0 Å². The SMILES string of the molecule is CC1(C)c2ccccc2-c2ccc(-c3ccc(-c4c5ccccc5c(Oc5ccccc5)c5ccncc45)cc3)cc21. The third-order valence-electron chi connectivity index (χ3n) is 8.83. The first-order valence-corrected chi connectivity index (χ1v) is 14.5. The number of fused-ring (bicyclic) bond motifs is 5. The fourth-order valence-corrected chi connectivity index (χ4v) is 6.72. The van der Waals surface area contributed by atoms with Gasteiger partial charge in [0.1, 0.15) is 11.5 Å². The maximum atomic E-state index is 6.52. The fourth-order valence-electron chi connectivity index (χ4n) is 6.72. The molecule has 0 radical (unpaired) electrons. The molecule has 1 heterocycles. The number of hydrogen-bond donors (Lipinski definition) is 0. The van der Waals surface area contributed by atoms with Gasteiger partial charge in [0, 0.05) is 34.0 Å². The van der Waals surface area contributed by atoms with Crippen molar-refractivity contribution in [2.75, 3.05) is 0 Å². The first kappa shape index (κ1) is 24.6. The molecule has 2 nitrogen and oxygen atoms in total. The van der Waals surface area contributed by atoms with Gasteiger partial charge in [-0.15, -0.1) is 0 Å². The van der Waals surface area contributed by atoms with Gasteiger partial charge in [-0.05, 0) is 74.2 Å². The molecular formula is C40H29NO. The molecule has 0 atom stereocenters. The molecule has 2 heteroatoms. The zero-order chi connectivity index (χ0) is 28.3. The van der Waals surface area contributed by atoms with Crippen LogP contribution >= 0.6 is 0 Å². The lowest BCUT2D eigenvalue weighted by molar-refractivity contribution is 0.494. The molecule has 0 amide bonds. The Labute approximate surface area is 245 Å². The van der Waals surface area contributed by atoms with Gasteiger partial charge in [-0.25, -0.2) is 0 Å². The van der Waals surface area contributed by atoms with Crippen LogP contribution in [-0.4, -0.2) is 4.98 Å². The molecule has 0 bridgehead atoms. The van der Waals surface area contributed by atoms with Crippen molar-refractivity contribution in [3.63, 3.8) is 0 Å². The van der Waals surface area contributed by atoms with Crippen LogP contribution in [-0.2, 0) is 5.41 Å². The van der Waals surface area contributed by atoms with Gasteiger partial charge in [0.25, 0.3) is 0 Å². The van der Waals surface area contributed by atoms with E-state index in [1.807, 2.05) is 42.7 Å². The largest absolute Gasteiger partial charge is 0.456 e. The molecule has 6 aromatic carbocycles. The summed E-state index contributed by atoms with van der Waals surface area (Å²) < 4.78 is 6.52. The molecular weight excluding hydrogens is 510 g/mol. The normalized spacial score (nSPS) is 13.2. The maximum Gasteiger partial charge on any atom is 0.143 e. The van der Waals surface area contributed by atoms with Crippen LogP contribution in [0.1, 0.15) is 25.0 Å². The van der Waals surface area contributed by atoms with Crippen LogP contribution in [0.15, 0.2) is 140 Å². The Balaban J connectivity index is 1.25. The van der Waals surface area contributed by atoms with Crippen molar-refractivity contribution in [3.05, 3.63) is 151 Å². The third-order valence-corrected chi connectivity index (χ3v) is 8.83. The van der Waals surface area contributed by atoms with E-state index in [4.69, 9.17) is 4.74 Å². The molecule has 7 aromatic rings. The molecule has 42 heavy (non-hydrogen) atoms. The molecule has 0 aliphatic heterocycles. The van der Waals surface area contributed by atoms with E-state index in [2.05, 4.69) is 116 Å². The van der Waals surface area contributed by atoms with Gasteiger partial charge in [-0.2, -0.15) is 0 Å². The van der Waals surface area contributed by atoms with E-state index >= 15 is 0 Å². The minimum absolute atomic E-state index is 0.0176. The molecule has 1 aliphatic carbocycles. The van der Waals surface area contributed by atoms with Crippen molar-refractivity contribution in [1.29, 1.82) is 0 Å². The maximum absolute atomic E-state index is 6.52. The highest BCUT2D eigenvalue weighted by Crippen LogP contribution is 2.50. The molecule has 0 saturated carbocycles. The minimum atomic E-state index is -0.0176. The van der Waals surface area contributed by atoms with Gasteiger partial charge >= 0.3 is 0 Å². The highest BCUT2D eigenvalue weighted by Gasteiger charge is 2.35. The first-order chi connectivity index (χ1) is 20.6. The first-order valence-electron chi connectivity index (χ1n) is 14.5. The average molecular weight is 540 g/mol. The number of pyridine rings is 1. The van der Waals surface area contributed by atoms with E-state index in [-0.39, 0.29) is 5.41 Å². The van der Waals surface area contributed by atoms with E-state index in [9.17, 15) is 0 Å². The highest BCUT2D eigenvalue weighted by atomic mass is 16.5. The number of rotatable bonds is 4. The lowest BCUT2D eigenvalue weighted by Crippen LogP contribution is -2.14. The summed E-state index contributed by atoms with van der Waals surface area (Å²) in [7, 11) is 0. The summed E-state index contributed by atoms with van der Waals surface area (Å²) in [5, 5.41) is 4.35. The fraction of sp³-hybridized carbons (Fsp3) is 0.0750. The Kier molecular flexibility index (Phi) is 5.52. The van der Waals surface area contributed by atoms with Crippen molar-refractivity contribution in [3.8, 4) is 44.9 Å². The van der Waals surface area contributed by atoms with Gasteiger partial charge in [0.05, 0.1) is 0 Å². The summed E-state index contributed by atoms with van der Waals surface area (Å²) in [6, 6.07) is 45.3. The standard InChI is InChI=1S/C40H29NO/c1-40(2)36-15-9-8-12-30(36)31-21-20-28(24-37(31)40)26-16-18-27(19-17-26)38-32-13-6-7-14-33(32)39(34-22-23-41-25-35(34)38)42-29-10-4-3-5-11-29/h3-25H,1-2H3. The Hall–Kier alpha value is -5.21. The van der Waals surface area contributed by atoms with Crippen LogP contribution in [0.25, 0.3) is 54.9 Å². The summed E-state index contributed by atoms with van der Waals surface area (Å²) in [6.45, 7) is 4.67. The summed E-state index contributed by atoms with van der Waals surface area (Å²) in [6.07, 6.45) is 3.80. The average Bonchev–Trinajstić information content (AvgIpc) is 3.27. The minimum Gasteiger partial charge on any atom is -0.456 e. The van der Waals surface area contributed by atoms with Crippen LogP contribution < -0.4 is 4.74 Å². The Morgan fingerprint density at radius 2 is 1.17 bits per heavy atom. The van der Waals surface area contributed by atoms with Crippen molar-refractivity contribution in [2.24, 2.45) is 0 Å². The second kappa shape index (κ2) is 9.43. The predicted molar refractivity (Wildman–Crippen MR) is 174 cm³/mol. The van der Waals surface area contributed by atoms with Crippen molar-refractivity contribution in [2.45, 2.75) is 19.3 Å². The molecule has 8 rings (SSSR count). The Morgan fingerprint density at radius 3 is 2.00 bits per heavy atom. The third kappa shape index (κ3) is 3.76. The zero-order valence-corrected chi connectivity index (χ0v) is 23.6. The van der Waals surface area contributed by atoms with Gasteiger partial charge in [-0.3, -0.25) is 4.98 Å².